The van der Waals surface area contributed by atoms with E-state index in [-0.39, 0.29) is 13.0 Å². The molecule has 1 aromatic rings. The van der Waals surface area contributed by atoms with Gasteiger partial charge in [0.05, 0.1) is 13.0 Å². The predicted molar refractivity (Wildman–Crippen MR) is 68.8 cm³/mol. The third-order valence-corrected chi connectivity index (χ3v) is 3.32. The Morgan fingerprint density at radius 3 is 2.63 bits per heavy atom. The normalized spacial score (nSPS) is 22.4. The van der Waals surface area contributed by atoms with Crippen molar-refractivity contribution in [2.45, 2.75) is 25.9 Å². The van der Waals surface area contributed by atoms with Gasteiger partial charge in [-0.2, -0.15) is 0 Å². The maximum absolute atomic E-state index is 11.8. The molecule has 1 aliphatic rings. The van der Waals surface area contributed by atoms with E-state index in [1.807, 2.05) is 38.1 Å². The van der Waals surface area contributed by atoms with Crippen LogP contribution in [0.2, 0.25) is 0 Å². The minimum absolute atomic E-state index is 0.0704. The number of benzene rings is 1. The predicted octanol–water partition coefficient (Wildman–Crippen LogP) is 2.14. The van der Waals surface area contributed by atoms with Crippen LogP contribution < -0.4 is 0 Å². The van der Waals surface area contributed by atoms with E-state index < -0.39 is 17.7 Å². The summed E-state index contributed by atoms with van der Waals surface area (Å²) < 4.78 is 5.41. The Morgan fingerprint density at radius 2 is 2.05 bits per heavy atom. The lowest BCUT2D eigenvalue weighted by atomic mass is 9.95. The average Bonchev–Trinajstić information content (AvgIpc) is 2.63. The van der Waals surface area contributed by atoms with E-state index in [4.69, 9.17) is 9.84 Å². The average molecular weight is 263 g/mol. The minimum Gasteiger partial charge on any atom is -0.481 e. The van der Waals surface area contributed by atoms with Gasteiger partial charge in [0.1, 0.15) is 0 Å². The zero-order valence-electron chi connectivity index (χ0n) is 11.0. The number of carboxylic acid groups (broad SMARTS) is 1. The molecule has 1 N–H and O–H groups in total. The fourth-order valence-electron chi connectivity index (χ4n) is 2.18. The molecule has 102 valence electrons. The second-order valence-electron chi connectivity index (χ2n) is 5.03. The molecule has 1 saturated heterocycles. The highest BCUT2D eigenvalue weighted by molar-refractivity contribution is 5.73. The van der Waals surface area contributed by atoms with Crippen molar-refractivity contribution in [3.63, 3.8) is 0 Å². The molecular weight excluding hydrogens is 246 g/mol. The van der Waals surface area contributed by atoms with Crippen LogP contribution in [0.1, 0.15) is 24.5 Å². The summed E-state index contributed by atoms with van der Waals surface area (Å²) >= 11 is 0. The van der Waals surface area contributed by atoms with Gasteiger partial charge in [-0.25, -0.2) is 4.79 Å². The molecule has 1 atom stereocenters. The number of rotatable bonds is 4. The zero-order valence-corrected chi connectivity index (χ0v) is 11.0. The van der Waals surface area contributed by atoms with Crippen LogP contribution in [0.5, 0.6) is 0 Å². The molecule has 1 fully saturated rings. The van der Waals surface area contributed by atoms with Crippen molar-refractivity contribution in [1.82, 2.24) is 4.90 Å². The van der Waals surface area contributed by atoms with Crippen LogP contribution in [0.4, 0.5) is 4.79 Å². The number of carboxylic acids is 1. The Kier molecular flexibility index (Phi) is 3.46. The van der Waals surface area contributed by atoms with Crippen molar-refractivity contribution in [3.05, 3.63) is 35.4 Å². The molecule has 1 aromatic carbocycles. The van der Waals surface area contributed by atoms with Gasteiger partial charge in [0.2, 0.25) is 0 Å². The Hall–Kier alpha value is -2.04. The zero-order chi connectivity index (χ0) is 14.0. The molecule has 2 rings (SSSR count). The SMILES string of the molecule is Cc1ccc(C2(C)CN(CCC(=O)O)C(=O)O2)cc1. The maximum Gasteiger partial charge on any atom is 0.410 e. The molecule has 1 heterocycles. The number of carbonyl (C=O) groups excluding carboxylic acids is 1. The number of nitrogens with zero attached hydrogens (tertiary/aromatic N) is 1. The van der Waals surface area contributed by atoms with Crippen LogP contribution >= 0.6 is 0 Å². The van der Waals surface area contributed by atoms with Crippen molar-refractivity contribution in [1.29, 1.82) is 0 Å². The quantitative estimate of drug-likeness (QED) is 0.903. The molecule has 0 aliphatic carbocycles. The summed E-state index contributed by atoms with van der Waals surface area (Å²) in [6.45, 7) is 4.39. The number of aliphatic carboxylic acids is 1. The highest BCUT2D eigenvalue weighted by Gasteiger charge is 2.42. The van der Waals surface area contributed by atoms with E-state index >= 15 is 0 Å². The van der Waals surface area contributed by atoms with Gasteiger partial charge in [0.15, 0.2) is 5.60 Å². The van der Waals surface area contributed by atoms with E-state index in [0.29, 0.717) is 6.54 Å². The van der Waals surface area contributed by atoms with Crippen molar-refractivity contribution < 1.29 is 19.4 Å². The van der Waals surface area contributed by atoms with E-state index in [2.05, 4.69) is 0 Å². The molecule has 0 aromatic heterocycles. The maximum atomic E-state index is 11.8. The van der Waals surface area contributed by atoms with E-state index in [9.17, 15) is 9.59 Å². The Balaban J connectivity index is 2.11. The molecule has 1 unspecified atom stereocenters. The minimum atomic E-state index is -0.920. The Bertz CT molecular complexity index is 497. The van der Waals surface area contributed by atoms with Crippen molar-refractivity contribution in [3.8, 4) is 0 Å². The van der Waals surface area contributed by atoms with Crippen LogP contribution in [0.15, 0.2) is 24.3 Å². The number of cyclic esters (lactones) is 1. The van der Waals surface area contributed by atoms with Gasteiger partial charge >= 0.3 is 12.1 Å². The van der Waals surface area contributed by atoms with Crippen molar-refractivity contribution in [2.24, 2.45) is 0 Å². The standard InChI is InChI=1S/C14H17NO4/c1-10-3-5-11(6-4-10)14(2)9-15(13(18)19-14)8-7-12(16)17/h3-6H,7-9H2,1-2H3,(H,16,17). The number of amides is 1. The highest BCUT2D eigenvalue weighted by atomic mass is 16.6. The molecule has 0 spiro atoms. The van der Waals surface area contributed by atoms with Gasteiger partial charge in [-0.1, -0.05) is 29.8 Å². The number of hydrogen-bond acceptors (Lipinski definition) is 3. The van der Waals surface area contributed by atoms with Crippen LogP contribution in [0.25, 0.3) is 0 Å². The van der Waals surface area contributed by atoms with Gasteiger partial charge in [0, 0.05) is 6.54 Å². The summed E-state index contributed by atoms with van der Waals surface area (Å²) in [7, 11) is 0. The summed E-state index contributed by atoms with van der Waals surface area (Å²) in [4.78, 5) is 23.7. The van der Waals surface area contributed by atoms with Gasteiger partial charge in [-0.05, 0) is 19.4 Å². The first-order valence-electron chi connectivity index (χ1n) is 6.17. The molecule has 0 saturated carbocycles. The molecular formula is C14H17NO4. The largest absolute Gasteiger partial charge is 0.481 e. The van der Waals surface area contributed by atoms with Gasteiger partial charge in [-0.3, -0.25) is 4.79 Å². The molecule has 1 amide bonds. The molecule has 1 aliphatic heterocycles. The second kappa shape index (κ2) is 4.91. The smallest absolute Gasteiger partial charge is 0.410 e. The first-order valence-corrected chi connectivity index (χ1v) is 6.17. The first kappa shape index (κ1) is 13.4. The number of ether oxygens (including phenoxy) is 1. The molecule has 0 radical (unpaired) electrons. The van der Waals surface area contributed by atoms with E-state index in [1.54, 1.807) is 0 Å². The van der Waals surface area contributed by atoms with E-state index in [0.717, 1.165) is 11.1 Å². The fraction of sp³-hybridized carbons (Fsp3) is 0.429. The topological polar surface area (TPSA) is 66.8 Å². The lowest BCUT2D eigenvalue weighted by Gasteiger charge is -2.22. The lowest BCUT2D eigenvalue weighted by Crippen LogP contribution is -2.30. The second-order valence-corrected chi connectivity index (χ2v) is 5.03. The third-order valence-electron chi connectivity index (χ3n) is 3.32. The number of hydrogen-bond donors (Lipinski definition) is 1. The molecule has 5 heteroatoms. The molecule has 5 nitrogen and oxygen atoms in total. The summed E-state index contributed by atoms with van der Waals surface area (Å²) in [5.41, 5.74) is 1.35. The Labute approximate surface area is 111 Å². The molecule has 19 heavy (non-hydrogen) atoms. The summed E-state index contributed by atoms with van der Waals surface area (Å²) in [5.74, 6) is -0.920. The highest BCUT2D eigenvalue weighted by Crippen LogP contribution is 2.32. The summed E-state index contributed by atoms with van der Waals surface area (Å²) in [6.07, 6.45) is -0.525. The fourth-order valence-corrected chi connectivity index (χ4v) is 2.18. The first-order chi connectivity index (χ1) is 8.90. The van der Waals surface area contributed by atoms with Crippen LogP contribution in [-0.2, 0) is 15.1 Å². The monoisotopic (exact) mass is 263 g/mol. The third kappa shape index (κ3) is 2.86. The van der Waals surface area contributed by atoms with Gasteiger partial charge < -0.3 is 14.7 Å². The van der Waals surface area contributed by atoms with Crippen molar-refractivity contribution >= 4 is 12.1 Å². The van der Waals surface area contributed by atoms with E-state index in [1.165, 1.54) is 4.90 Å². The van der Waals surface area contributed by atoms with Crippen LogP contribution in [-0.4, -0.2) is 35.2 Å². The van der Waals surface area contributed by atoms with Gasteiger partial charge in [-0.15, -0.1) is 0 Å². The number of aryl methyl sites for hydroxylation is 1. The molecule has 0 bridgehead atoms. The van der Waals surface area contributed by atoms with Crippen LogP contribution in [0.3, 0.4) is 0 Å². The summed E-state index contributed by atoms with van der Waals surface area (Å²) in [5, 5.41) is 8.66. The Morgan fingerprint density at radius 1 is 1.42 bits per heavy atom. The van der Waals surface area contributed by atoms with Crippen molar-refractivity contribution in [2.75, 3.05) is 13.1 Å². The van der Waals surface area contributed by atoms with Gasteiger partial charge in [0.25, 0.3) is 0 Å². The summed E-state index contributed by atoms with van der Waals surface area (Å²) in [6, 6.07) is 7.80. The number of carbonyl (C=O) groups is 2. The van der Waals surface area contributed by atoms with Crippen LogP contribution in [0, 0.1) is 6.92 Å². The lowest BCUT2D eigenvalue weighted by molar-refractivity contribution is -0.137.